The molecule has 0 bridgehead atoms. The van der Waals surface area contributed by atoms with Gasteiger partial charge in [0.15, 0.2) is 15.8 Å². The van der Waals surface area contributed by atoms with Gasteiger partial charge >= 0.3 is 0 Å². The number of sulfone groups is 1. The van der Waals surface area contributed by atoms with Gasteiger partial charge in [-0.1, -0.05) is 0 Å². The molecule has 1 fully saturated rings. The monoisotopic (exact) mass is 431 g/mol. The third-order valence-corrected chi connectivity index (χ3v) is 5.43. The van der Waals surface area contributed by atoms with Crippen LogP contribution in [0.5, 0.6) is 0 Å². The van der Waals surface area contributed by atoms with Crippen molar-refractivity contribution in [3.63, 3.8) is 0 Å². The van der Waals surface area contributed by atoms with Gasteiger partial charge in [-0.25, -0.2) is 17.2 Å². The second-order valence-electron chi connectivity index (χ2n) is 4.91. The molecule has 1 aromatic carbocycles. The van der Waals surface area contributed by atoms with Gasteiger partial charge in [0.05, 0.1) is 17.0 Å². The Morgan fingerprint density at radius 1 is 1.43 bits per heavy atom. The van der Waals surface area contributed by atoms with Gasteiger partial charge in [0, 0.05) is 12.3 Å². The number of nitrogens with one attached hydrogen (secondary N) is 1. The van der Waals surface area contributed by atoms with E-state index in [0.717, 1.165) is 24.5 Å². The molecule has 21 heavy (non-hydrogen) atoms. The summed E-state index contributed by atoms with van der Waals surface area (Å²) in [5.74, 6) is -1.44. The number of anilines is 1. The van der Waals surface area contributed by atoms with Crippen LogP contribution in [0.2, 0.25) is 0 Å². The third-order valence-electron chi connectivity index (χ3n) is 3.32. The first-order chi connectivity index (χ1) is 9.23. The Hall–Kier alpha value is -0.970. The number of nitrogens with two attached hydrogens (primary N) is 1. The number of hydrogen-bond donors (Lipinski definition) is 2. The van der Waals surface area contributed by atoms with Gasteiger partial charge in [0.25, 0.3) is 0 Å². The summed E-state index contributed by atoms with van der Waals surface area (Å²) >= 11 is 0. The van der Waals surface area contributed by atoms with E-state index >= 15 is 0 Å². The first kappa shape index (κ1) is 18.1. The number of aliphatic imine (C=N–C) groups is 1. The van der Waals surface area contributed by atoms with E-state index in [-0.39, 0.29) is 42.2 Å². The Morgan fingerprint density at radius 2 is 2.05 bits per heavy atom. The van der Waals surface area contributed by atoms with Gasteiger partial charge in [-0.15, -0.1) is 24.0 Å². The van der Waals surface area contributed by atoms with Crippen LogP contribution in [0.15, 0.2) is 23.2 Å². The van der Waals surface area contributed by atoms with Gasteiger partial charge in [0.1, 0.15) is 11.6 Å². The summed E-state index contributed by atoms with van der Waals surface area (Å²) < 4.78 is 48.6. The van der Waals surface area contributed by atoms with Crippen molar-refractivity contribution in [2.45, 2.75) is 17.6 Å². The first-order valence-corrected chi connectivity index (χ1v) is 7.84. The number of rotatable bonds is 4. The summed E-state index contributed by atoms with van der Waals surface area (Å²) in [7, 11) is -3.20. The standard InChI is InChI=1S/C12H15F2N3O2S.HI/c1-20(18,19)12(4-5-12)7-16-11(15)17-10-6-8(13)2-3-9(10)14;/h2-3,6H,4-5,7H2,1H3,(H3,15,16,17);1H. The third kappa shape index (κ3) is 4.25. The first-order valence-electron chi connectivity index (χ1n) is 5.95. The van der Waals surface area contributed by atoms with Crippen LogP contribution in [0.1, 0.15) is 12.8 Å². The molecule has 1 aliphatic rings. The van der Waals surface area contributed by atoms with E-state index in [4.69, 9.17) is 5.73 Å². The molecular weight excluding hydrogens is 415 g/mol. The molecule has 0 unspecified atom stereocenters. The van der Waals surface area contributed by atoms with E-state index in [0.29, 0.717) is 12.8 Å². The minimum atomic E-state index is -3.20. The molecule has 3 N–H and O–H groups in total. The summed E-state index contributed by atoms with van der Waals surface area (Å²) in [6.45, 7) is 0.0155. The molecule has 0 aromatic heterocycles. The minimum absolute atomic E-state index is 0. The van der Waals surface area contributed by atoms with Crippen molar-refractivity contribution in [1.82, 2.24) is 0 Å². The van der Waals surface area contributed by atoms with Crippen molar-refractivity contribution in [1.29, 1.82) is 0 Å². The van der Waals surface area contributed by atoms with Crippen LogP contribution in [-0.2, 0) is 9.84 Å². The van der Waals surface area contributed by atoms with Crippen LogP contribution in [-0.4, -0.2) is 31.9 Å². The van der Waals surface area contributed by atoms with E-state index in [1.54, 1.807) is 0 Å². The average Bonchev–Trinajstić information content (AvgIpc) is 3.12. The molecule has 1 aliphatic carbocycles. The Labute approximate surface area is 139 Å². The van der Waals surface area contributed by atoms with E-state index < -0.39 is 26.2 Å². The maximum Gasteiger partial charge on any atom is 0.193 e. The highest BCUT2D eigenvalue weighted by molar-refractivity contribution is 14.0. The molecule has 1 aromatic rings. The lowest BCUT2D eigenvalue weighted by atomic mass is 10.3. The molecule has 1 saturated carbocycles. The summed E-state index contributed by atoms with van der Waals surface area (Å²) in [5.41, 5.74) is 5.41. The Bertz CT molecular complexity index is 660. The van der Waals surface area contributed by atoms with Crippen molar-refractivity contribution in [3.05, 3.63) is 29.8 Å². The highest BCUT2D eigenvalue weighted by Crippen LogP contribution is 2.43. The van der Waals surface area contributed by atoms with E-state index in [1.807, 2.05) is 0 Å². The number of guanidine groups is 1. The van der Waals surface area contributed by atoms with Crippen molar-refractivity contribution < 1.29 is 17.2 Å². The van der Waals surface area contributed by atoms with Crippen molar-refractivity contribution in [2.24, 2.45) is 10.7 Å². The van der Waals surface area contributed by atoms with Crippen LogP contribution in [0.4, 0.5) is 14.5 Å². The topological polar surface area (TPSA) is 84.5 Å². The van der Waals surface area contributed by atoms with Crippen LogP contribution < -0.4 is 11.1 Å². The molecule has 0 heterocycles. The molecule has 118 valence electrons. The van der Waals surface area contributed by atoms with Crippen LogP contribution in [0, 0.1) is 11.6 Å². The zero-order valence-corrected chi connectivity index (χ0v) is 14.4. The Balaban J connectivity index is 0.00000220. The predicted molar refractivity (Wildman–Crippen MR) is 88.7 cm³/mol. The summed E-state index contributed by atoms with van der Waals surface area (Å²) in [4.78, 5) is 3.91. The largest absolute Gasteiger partial charge is 0.370 e. The zero-order valence-electron chi connectivity index (χ0n) is 11.3. The van der Waals surface area contributed by atoms with Gasteiger partial charge in [-0.3, -0.25) is 4.99 Å². The van der Waals surface area contributed by atoms with Crippen molar-refractivity contribution in [3.8, 4) is 0 Å². The predicted octanol–water partition coefficient (Wildman–Crippen LogP) is 1.89. The lowest BCUT2D eigenvalue weighted by Gasteiger charge is -2.11. The van der Waals surface area contributed by atoms with Gasteiger partial charge < -0.3 is 11.1 Å². The second-order valence-corrected chi connectivity index (χ2v) is 7.32. The number of nitrogens with zero attached hydrogens (tertiary/aromatic N) is 1. The smallest absolute Gasteiger partial charge is 0.193 e. The lowest BCUT2D eigenvalue weighted by molar-refractivity contribution is 0.583. The molecule has 0 amide bonds. The normalized spacial score (nSPS) is 17.0. The Kier molecular flexibility index (Phi) is 5.53. The molecule has 0 saturated heterocycles. The maximum absolute atomic E-state index is 13.4. The summed E-state index contributed by atoms with van der Waals surface area (Å²) in [6.07, 6.45) is 2.24. The second kappa shape index (κ2) is 6.42. The molecule has 9 heteroatoms. The van der Waals surface area contributed by atoms with E-state index in [9.17, 15) is 17.2 Å². The van der Waals surface area contributed by atoms with Gasteiger partial charge in [-0.2, -0.15) is 0 Å². The molecule has 0 spiro atoms. The van der Waals surface area contributed by atoms with Crippen molar-refractivity contribution >= 4 is 45.5 Å². The molecule has 5 nitrogen and oxygen atoms in total. The summed E-state index contributed by atoms with van der Waals surface area (Å²) in [5, 5.41) is 2.42. The van der Waals surface area contributed by atoms with Crippen LogP contribution in [0.3, 0.4) is 0 Å². The maximum atomic E-state index is 13.4. The molecule has 0 radical (unpaired) electrons. The van der Waals surface area contributed by atoms with Gasteiger partial charge in [0.2, 0.25) is 0 Å². The quantitative estimate of drug-likeness (QED) is 0.433. The van der Waals surface area contributed by atoms with Crippen molar-refractivity contribution in [2.75, 3.05) is 18.1 Å². The molecule has 2 rings (SSSR count). The zero-order chi connectivity index (χ0) is 15.0. The fraction of sp³-hybridized carbons (Fsp3) is 0.417. The number of benzene rings is 1. The van der Waals surface area contributed by atoms with E-state index in [2.05, 4.69) is 10.3 Å². The van der Waals surface area contributed by atoms with E-state index in [1.165, 1.54) is 0 Å². The average molecular weight is 431 g/mol. The number of hydrogen-bond acceptors (Lipinski definition) is 3. The lowest BCUT2D eigenvalue weighted by Crippen LogP contribution is -2.29. The summed E-state index contributed by atoms with van der Waals surface area (Å²) in [6, 6.07) is 2.89. The molecule has 0 atom stereocenters. The fourth-order valence-electron chi connectivity index (χ4n) is 1.79. The SMILES string of the molecule is CS(=O)(=O)C1(CN=C(N)Nc2cc(F)ccc2F)CC1.I. The number of halogens is 3. The van der Waals surface area contributed by atoms with Crippen LogP contribution >= 0.6 is 24.0 Å². The fourth-order valence-corrected chi connectivity index (χ4v) is 2.93. The molecular formula is C12H16F2IN3O2S. The highest BCUT2D eigenvalue weighted by atomic mass is 127. The minimum Gasteiger partial charge on any atom is -0.370 e. The Morgan fingerprint density at radius 3 is 2.57 bits per heavy atom. The molecule has 0 aliphatic heterocycles. The van der Waals surface area contributed by atoms with Gasteiger partial charge in [-0.05, 0) is 25.0 Å². The highest BCUT2D eigenvalue weighted by Gasteiger charge is 2.51. The van der Waals surface area contributed by atoms with Crippen LogP contribution in [0.25, 0.3) is 0 Å².